The second-order valence-electron chi connectivity index (χ2n) is 9.91. The summed E-state index contributed by atoms with van der Waals surface area (Å²) in [5.41, 5.74) is 2.65. The Morgan fingerprint density at radius 3 is 2.17 bits per heavy atom. The highest BCUT2D eigenvalue weighted by molar-refractivity contribution is 6.42. The molecule has 0 N–H and O–H groups in total. The van der Waals surface area contributed by atoms with Gasteiger partial charge in [0.05, 0.1) is 21.5 Å². The van der Waals surface area contributed by atoms with Crippen molar-refractivity contribution in [2.24, 2.45) is 0 Å². The molecule has 0 bridgehead atoms. The van der Waals surface area contributed by atoms with Crippen LogP contribution in [0.15, 0.2) is 78.9 Å². The summed E-state index contributed by atoms with van der Waals surface area (Å²) in [5, 5.41) is 1.01. The summed E-state index contributed by atoms with van der Waals surface area (Å²) >= 11 is 12.8. The van der Waals surface area contributed by atoms with Crippen molar-refractivity contribution in [3.05, 3.63) is 106 Å². The van der Waals surface area contributed by atoms with Crippen molar-refractivity contribution in [2.45, 2.75) is 43.6 Å². The summed E-state index contributed by atoms with van der Waals surface area (Å²) in [6, 6.07) is 26.6. The van der Waals surface area contributed by atoms with Gasteiger partial charge in [-0.25, -0.2) is 0 Å². The third-order valence-corrected chi connectivity index (χ3v) is 8.42. The van der Waals surface area contributed by atoms with Gasteiger partial charge in [0.25, 0.3) is 0 Å². The highest BCUT2D eigenvalue weighted by atomic mass is 35.5. The Morgan fingerprint density at radius 1 is 0.800 bits per heavy atom. The Bertz CT molecular complexity index is 1150. The van der Waals surface area contributed by atoms with E-state index in [0.717, 1.165) is 50.1 Å². The van der Waals surface area contributed by atoms with Crippen molar-refractivity contribution in [1.82, 2.24) is 9.80 Å². The molecule has 5 heteroatoms. The predicted octanol–water partition coefficient (Wildman–Crippen LogP) is 6.93. The number of nitrogens with zero attached hydrogens (tertiary/aromatic N) is 2. The Morgan fingerprint density at radius 2 is 1.49 bits per heavy atom. The molecule has 3 aromatic carbocycles. The molecule has 0 radical (unpaired) electrons. The summed E-state index contributed by atoms with van der Waals surface area (Å²) in [7, 11) is 0. The zero-order valence-electron chi connectivity index (χ0n) is 20.0. The maximum absolute atomic E-state index is 14.7. The van der Waals surface area contributed by atoms with Crippen molar-refractivity contribution in [1.29, 1.82) is 0 Å². The molecule has 5 rings (SSSR count). The first-order chi connectivity index (χ1) is 17.1. The number of carbonyl (C=O) groups is 1. The van der Waals surface area contributed by atoms with Gasteiger partial charge in [-0.3, -0.25) is 4.79 Å². The molecule has 2 saturated heterocycles. The average Bonchev–Trinajstić information content (AvgIpc) is 3.40. The van der Waals surface area contributed by atoms with E-state index in [9.17, 15) is 4.79 Å². The lowest BCUT2D eigenvalue weighted by atomic mass is 9.69. The van der Waals surface area contributed by atoms with E-state index in [1.54, 1.807) is 0 Å². The van der Waals surface area contributed by atoms with Crippen LogP contribution in [-0.2, 0) is 16.6 Å². The summed E-state index contributed by atoms with van der Waals surface area (Å²) in [5.74, 6) is 0.194. The van der Waals surface area contributed by atoms with Crippen LogP contribution in [0.2, 0.25) is 10.0 Å². The largest absolute Gasteiger partial charge is 0.334 e. The van der Waals surface area contributed by atoms with E-state index in [4.69, 9.17) is 23.2 Å². The Hall–Kier alpha value is -2.33. The number of likely N-dealkylation sites (tertiary alicyclic amines) is 2. The zero-order chi connectivity index (χ0) is 24.3. The normalized spacial score (nSPS) is 21.9. The molecular weight excluding hydrogens is 475 g/mol. The third-order valence-electron chi connectivity index (χ3n) is 7.68. The molecule has 3 nitrogen and oxygen atoms in total. The molecule has 2 aliphatic rings. The van der Waals surface area contributed by atoms with Gasteiger partial charge in [0, 0.05) is 13.1 Å². The van der Waals surface area contributed by atoms with E-state index in [0.29, 0.717) is 16.5 Å². The van der Waals surface area contributed by atoms with E-state index in [1.807, 2.05) is 42.5 Å². The lowest BCUT2D eigenvalue weighted by Gasteiger charge is -2.46. The van der Waals surface area contributed by atoms with Gasteiger partial charge in [0.15, 0.2) is 0 Å². The van der Waals surface area contributed by atoms with Crippen molar-refractivity contribution >= 4 is 29.1 Å². The van der Waals surface area contributed by atoms with Crippen LogP contribution in [0.4, 0.5) is 0 Å². The van der Waals surface area contributed by atoms with Crippen molar-refractivity contribution in [3.63, 3.8) is 0 Å². The molecule has 0 aromatic heterocycles. The van der Waals surface area contributed by atoms with Crippen LogP contribution in [0.1, 0.15) is 48.4 Å². The van der Waals surface area contributed by atoms with Crippen molar-refractivity contribution in [3.8, 4) is 0 Å². The Balaban J connectivity index is 1.57. The first-order valence-electron chi connectivity index (χ1n) is 12.6. The quantitative estimate of drug-likeness (QED) is 0.346. The van der Waals surface area contributed by atoms with Gasteiger partial charge < -0.3 is 9.80 Å². The van der Waals surface area contributed by atoms with Crippen LogP contribution in [-0.4, -0.2) is 41.9 Å². The predicted molar refractivity (Wildman–Crippen MR) is 144 cm³/mol. The standard InChI is InChI=1S/C30H32Cl2N2O/c31-26-15-14-25(20-27(26)32)30(21-23-10-3-1-4-11-23)16-9-19-34(29(30)35)28(22-33-17-7-8-18-33)24-12-5-2-6-13-24/h1-6,10-15,20,28H,7-9,16-19,21-22H2. The minimum absolute atomic E-state index is 0.0278. The molecule has 3 aromatic rings. The Labute approximate surface area is 218 Å². The fourth-order valence-corrected chi connectivity index (χ4v) is 6.17. The average molecular weight is 508 g/mol. The first kappa shape index (κ1) is 24.4. The number of hydrogen-bond donors (Lipinski definition) is 0. The van der Waals surface area contributed by atoms with E-state index in [-0.39, 0.29) is 11.9 Å². The number of rotatable bonds is 7. The second-order valence-corrected chi connectivity index (χ2v) is 10.7. The maximum atomic E-state index is 14.7. The molecule has 2 atom stereocenters. The Kier molecular flexibility index (Phi) is 7.48. The molecule has 1 amide bonds. The molecular formula is C30H32Cl2N2O. The van der Waals surface area contributed by atoms with E-state index in [1.165, 1.54) is 18.4 Å². The summed E-state index contributed by atoms with van der Waals surface area (Å²) in [4.78, 5) is 19.3. The van der Waals surface area contributed by atoms with Crippen LogP contribution in [0.3, 0.4) is 0 Å². The van der Waals surface area contributed by atoms with Gasteiger partial charge >= 0.3 is 0 Å². The van der Waals surface area contributed by atoms with Gasteiger partial charge in [-0.1, -0.05) is 89.9 Å². The molecule has 0 saturated carbocycles. The van der Waals surface area contributed by atoms with Gasteiger partial charge in [-0.2, -0.15) is 0 Å². The van der Waals surface area contributed by atoms with Crippen LogP contribution >= 0.6 is 23.2 Å². The fourth-order valence-electron chi connectivity index (χ4n) is 5.87. The summed E-state index contributed by atoms with van der Waals surface area (Å²) in [6.07, 6.45) is 4.85. The van der Waals surface area contributed by atoms with Gasteiger partial charge in [0.1, 0.15) is 0 Å². The van der Waals surface area contributed by atoms with Crippen LogP contribution in [0.5, 0.6) is 0 Å². The summed E-state index contributed by atoms with van der Waals surface area (Å²) in [6.45, 7) is 3.85. The lowest BCUT2D eigenvalue weighted by Crippen LogP contribution is -2.55. The third kappa shape index (κ3) is 5.14. The number of piperidine rings is 1. The monoisotopic (exact) mass is 506 g/mol. The SMILES string of the molecule is O=C1N(C(CN2CCCC2)c2ccccc2)CCCC1(Cc1ccccc1)c1ccc(Cl)c(Cl)c1. The van der Waals surface area contributed by atoms with Gasteiger partial charge in [0.2, 0.25) is 5.91 Å². The molecule has 2 heterocycles. The van der Waals surface area contributed by atoms with E-state index < -0.39 is 5.41 Å². The highest BCUT2D eigenvalue weighted by Crippen LogP contribution is 2.43. The van der Waals surface area contributed by atoms with Crippen LogP contribution in [0, 0.1) is 0 Å². The minimum Gasteiger partial charge on any atom is -0.334 e. The minimum atomic E-state index is -0.675. The maximum Gasteiger partial charge on any atom is 0.234 e. The van der Waals surface area contributed by atoms with E-state index >= 15 is 0 Å². The van der Waals surface area contributed by atoms with Crippen molar-refractivity contribution in [2.75, 3.05) is 26.2 Å². The molecule has 35 heavy (non-hydrogen) atoms. The second kappa shape index (κ2) is 10.7. The number of amides is 1. The van der Waals surface area contributed by atoms with Crippen molar-refractivity contribution < 1.29 is 4.79 Å². The van der Waals surface area contributed by atoms with E-state index in [2.05, 4.69) is 46.2 Å². The lowest BCUT2D eigenvalue weighted by molar-refractivity contribution is -0.144. The number of carbonyl (C=O) groups excluding carboxylic acids is 1. The number of halogens is 2. The highest BCUT2D eigenvalue weighted by Gasteiger charge is 2.47. The molecule has 182 valence electrons. The molecule has 2 unspecified atom stereocenters. The summed E-state index contributed by atoms with van der Waals surface area (Å²) < 4.78 is 0. The molecule has 0 spiro atoms. The topological polar surface area (TPSA) is 23.6 Å². The smallest absolute Gasteiger partial charge is 0.234 e. The first-order valence-corrected chi connectivity index (χ1v) is 13.4. The molecule has 2 aliphatic heterocycles. The molecule has 0 aliphatic carbocycles. The van der Waals surface area contributed by atoms with Gasteiger partial charge in [-0.15, -0.1) is 0 Å². The fraction of sp³-hybridized carbons (Fsp3) is 0.367. The van der Waals surface area contributed by atoms with Crippen LogP contribution in [0.25, 0.3) is 0 Å². The zero-order valence-corrected chi connectivity index (χ0v) is 21.5. The van der Waals surface area contributed by atoms with Crippen LogP contribution < -0.4 is 0 Å². The van der Waals surface area contributed by atoms with Gasteiger partial charge in [-0.05, 0) is 74.0 Å². The number of benzene rings is 3. The molecule has 2 fully saturated rings. The number of hydrogen-bond acceptors (Lipinski definition) is 2.